The molecule has 7 aliphatic rings. The van der Waals surface area contributed by atoms with Crippen molar-refractivity contribution >= 4 is 5.97 Å². The van der Waals surface area contributed by atoms with Crippen LogP contribution in [0.5, 0.6) is 0 Å². The minimum absolute atomic E-state index is 0.0175. The Morgan fingerprint density at radius 3 is 2.29 bits per heavy atom. The van der Waals surface area contributed by atoms with E-state index < -0.39 is 85.1 Å². The first kappa shape index (κ1) is 36.1. The molecule has 7 rings (SSSR count). The summed E-state index contributed by atoms with van der Waals surface area (Å²) in [7, 11) is 0. The summed E-state index contributed by atoms with van der Waals surface area (Å²) in [6.07, 6.45) is -7.62. The van der Waals surface area contributed by atoms with E-state index in [4.69, 9.17) is 23.7 Å². The van der Waals surface area contributed by atoms with Crippen LogP contribution in [0.4, 0.5) is 0 Å². The number of hydrogen-bond acceptors (Lipinski definition) is 14. The Hall–Kier alpha value is -1.27. The fourth-order valence-corrected chi connectivity index (χ4v) is 11.4. The molecule has 6 fully saturated rings. The number of ether oxygens (including phenoxy) is 5. The number of aliphatic hydroxyl groups is 8. The summed E-state index contributed by atoms with van der Waals surface area (Å²) in [4.78, 5) is 11.9. The van der Waals surface area contributed by atoms with Gasteiger partial charge in [0.1, 0.15) is 49.3 Å². The zero-order valence-electron chi connectivity index (χ0n) is 28.4. The lowest BCUT2D eigenvalue weighted by Crippen LogP contribution is -2.66. The Morgan fingerprint density at radius 2 is 1.59 bits per heavy atom. The molecular formula is C35H54O14. The number of carbonyl (C=O) groups excluding carboxylic acids is 1. The number of carbonyl (C=O) groups is 1. The lowest BCUT2D eigenvalue weighted by atomic mass is 9.42. The van der Waals surface area contributed by atoms with Crippen LogP contribution in [-0.4, -0.2) is 139 Å². The topological polar surface area (TPSA) is 225 Å². The Kier molecular flexibility index (Phi) is 9.57. The molecule has 14 heteroatoms. The minimum atomic E-state index is -1.67. The maximum atomic E-state index is 12.5. The summed E-state index contributed by atoms with van der Waals surface area (Å²) in [6.45, 7) is 5.54. The van der Waals surface area contributed by atoms with Crippen LogP contribution >= 0.6 is 0 Å². The first-order valence-corrected chi connectivity index (χ1v) is 18.0. The van der Waals surface area contributed by atoms with E-state index in [2.05, 4.69) is 13.8 Å². The molecule has 19 atom stereocenters. The molecule has 3 aliphatic heterocycles. The van der Waals surface area contributed by atoms with Crippen LogP contribution in [0.3, 0.4) is 0 Å². The molecule has 0 radical (unpaired) electrons. The maximum absolute atomic E-state index is 12.5. The number of esters is 1. The van der Waals surface area contributed by atoms with E-state index in [0.717, 1.165) is 31.3 Å². The molecule has 14 nitrogen and oxygen atoms in total. The van der Waals surface area contributed by atoms with E-state index >= 15 is 0 Å². The summed E-state index contributed by atoms with van der Waals surface area (Å²) >= 11 is 0. The summed E-state index contributed by atoms with van der Waals surface area (Å²) in [6, 6.07) is 0. The van der Waals surface area contributed by atoms with Gasteiger partial charge in [0.25, 0.3) is 0 Å². The van der Waals surface area contributed by atoms with Crippen LogP contribution in [0.15, 0.2) is 11.6 Å². The van der Waals surface area contributed by atoms with E-state index in [0.29, 0.717) is 25.7 Å². The first-order valence-electron chi connectivity index (χ1n) is 18.0. The molecule has 8 N–H and O–H groups in total. The van der Waals surface area contributed by atoms with E-state index in [1.807, 2.05) is 0 Å². The van der Waals surface area contributed by atoms with Crippen LogP contribution in [0, 0.1) is 34.5 Å². The number of fused-ring (bicyclic) bond motifs is 5. The highest BCUT2D eigenvalue weighted by atomic mass is 16.7. The number of aliphatic hydroxyl groups excluding tert-OH is 7. The SMILES string of the molecule is C[C@@H]1O[C@@H](O[C@H]2CC[C@@]3(C)[C@@H](CC[C@@H]4[C@@H]3[C@H](O)C[C@]3(C)[C@@H](C5=CC(=O)OC5)CC[C@]43O)C2)[C@H](O)[C@H](O)[C@H]1O[C@@H]1O[C@H](CO)[C@@H](O)[C@H](O)[C@H]1O. The second-order valence-corrected chi connectivity index (χ2v) is 16.5. The lowest BCUT2D eigenvalue weighted by molar-refractivity contribution is -0.360. The van der Waals surface area contributed by atoms with E-state index in [9.17, 15) is 45.6 Å². The molecule has 0 amide bonds. The molecule has 0 bridgehead atoms. The Bertz CT molecular complexity index is 1280. The largest absolute Gasteiger partial charge is 0.458 e. The van der Waals surface area contributed by atoms with Gasteiger partial charge in [0.2, 0.25) is 0 Å². The van der Waals surface area contributed by atoms with Crippen molar-refractivity contribution in [1.29, 1.82) is 0 Å². The van der Waals surface area contributed by atoms with Gasteiger partial charge in [0, 0.05) is 11.5 Å². The van der Waals surface area contributed by atoms with E-state index in [-0.39, 0.29) is 47.8 Å². The normalized spacial score (nSPS) is 56.0. The van der Waals surface area contributed by atoms with Gasteiger partial charge in [-0.05, 0) is 93.0 Å². The van der Waals surface area contributed by atoms with Crippen LogP contribution in [0.2, 0.25) is 0 Å². The molecule has 0 aromatic carbocycles. The van der Waals surface area contributed by atoms with E-state index in [1.54, 1.807) is 13.0 Å². The van der Waals surface area contributed by atoms with Crippen LogP contribution < -0.4 is 0 Å². The van der Waals surface area contributed by atoms with Crippen molar-refractivity contribution in [2.75, 3.05) is 13.2 Å². The third-order valence-corrected chi connectivity index (χ3v) is 14.1. The fraction of sp³-hybridized carbons (Fsp3) is 0.914. The molecule has 0 unspecified atom stereocenters. The highest BCUT2D eigenvalue weighted by Crippen LogP contribution is 2.70. The zero-order chi connectivity index (χ0) is 35.2. The molecule has 4 aliphatic carbocycles. The molecular weight excluding hydrogens is 644 g/mol. The van der Waals surface area contributed by atoms with Crippen LogP contribution in [0.1, 0.15) is 72.1 Å². The number of hydrogen-bond donors (Lipinski definition) is 8. The van der Waals surface area contributed by atoms with Gasteiger partial charge in [-0.3, -0.25) is 0 Å². The third kappa shape index (κ3) is 5.64. The number of cyclic esters (lactones) is 1. The molecule has 2 saturated heterocycles. The predicted octanol–water partition coefficient (Wildman–Crippen LogP) is -0.749. The summed E-state index contributed by atoms with van der Waals surface area (Å²) in [5, 5.41) is 86.6. The van der Waals surface area contributed by atoms with Crippen molar-refractivity contribution in [2.24, 2.45) is 34.5 Å². The predicted molar refractivity (Wildman–Crippen MR) is 167 cm³/mol. The fourth-order valence-electron chi connectivity index (χ4n) is 11.4. The molecule has 4 saturated carbocycles. The highest BCUT2D eigenvalue weighted by Gasteiger charge is 2.70. The summed E-state index contributed by atoms with van der Waals surface area (Å²) in [5.74, 6) is -0.342. The molecule has 0 aromatic heterocycles. The van der Waals surface area contributed by atoms with Gasteiger partial charge < -0.3 is 64.5 Å². The van der Waals surface area contributed by atoms with Crippen molar-refractivity contribution < 1.29 is 69.3 Å². The smallest absolute Gasteiger partial charge is 0.331 e. The summed E-state index contributed by atoms with van der Waals surface area (Å²) in [5.41, 5.74) is -0.847. The standard InChI is InChI=1S/C35H54O14/c1-15-30(49-32-28(42)26(40)25(39)22(13-36)48-32)27(41)29(43)31(46-15)47-18-6-8-33(2)17(11-18)4-5-20-24(33)21(37)12-34(3)19(7-9-35(20,34)44)16-10-23(38)45-14-16/h10,15,17-22,24-32,36-37,39-44H,4-9,11-14H2,1-3H3/t15-,17-,18-,19+,20+,21+,22+,24+,25+,26-,27-,28+,29+,30-,31-,32-,33-,34+,35-/m0/s1. The molecule has 278 valence electrons. The second-order valence-electron chi connectivity index (χ2n) is 16.5. The number of rotatable bonds is 6. The lowest BCUT2D eigenvalue weighted by Gasteiger charge is -2.65. The van der Waals surface area contributed by atoms with Gasteiger partial charge in [-0.2, -0.15) is 0 Å². The zero-order valence-corrected chi connectivity index (χ0v) is 28.4. The van der Waals surface area contributed by atoms with Crippen molar-refractivity contribution in [3.63, 3.8) is 0 Å². The average Bonchev–Trinajstić information content (AvgIpc) is 3.60. The van der Waals surface area contributed by atoms with Crippen molar-refractivity contribution in [1.82, 2.24) is 0 Å². The minimum Gasteiger partial charge on any atom is -0.458 e. The maximum Gasteiger partial charge on any atom is 0.331 e. The quantitative estimate of drug-likeness (QED) is 0.126. The third-order valence-electron chi connectivity index (χ3n) is 14.1. The van der Waals surface area contributed by atoms with Gasteiger partial charge in [-0.15, -0.1) is 0 Å². The summed E-state index contributed by atoms with van der Waals surface area (Å²) < 4.78 is 28.7. The molecule has 0 aromatic rings. The first-order chi connectivity index (χ1) is 23.1. The Morgan fingerprint density at radius 1 is 0.878 bits per heavy atom. The van der Waals surface area contributed by atoms with Gasteiger partial charge in [0.15, 0.2) is 12.6 Å². The van der Waals surface area contributed by atoms with Crippen molar-refractivity contribution in [3.8, 4) is 0 Å². The van der Waals surface area contributed by atoms with Gasteiger partial charge in [-0.25, -0.2) is 4.79 Å². The van der Waals surface area contributed by atoms with Crippen molar-refractivity contribution in [3.05, 3.63) is 11.6 Å². The van der Waals surface area contributed by atoms with E-state index in [1.165, 1.54) is 0 Å². The van der Waals surface area contributed by atoms with Gasteiger partial charge in [-0.1, -0.05) is 13.8 Å². The van der Waals surface area contributed by atoms with Crippen LogP contribution in [-0.2, 0) is 28.5 Å². The Balaban J connectivity index is 0.995. The second kappa shape index (κ2) is 13.0. The molecule has 3 heterocycles. The highest BCUT2D eigenvalue weighted by molar-refractivity contribution is 5.85. The Labute approximate surface area is 285 Å². The van der Waals surface area contributed by atoms with Crippen molar-refractivity contribution in [2.45, 2.75) is 151 Å². The molecule has 49 heavy (non-hydrogen) atoms. The average molecular weight is 699 g/mol. The monoisotopic (exact) mass is 698 g/mol. The van der Waals surface area contributed by atoms with Gasteiger partial charge >= 0.3 is 5.97 Å². The molecule has 0 spiro atoms. The van der Waals surface area contributed by atoms with Gasteiger partial charge in [0.05, 0.1) is 30.5 Å². The van der Waals surface area contributed by atoms with Crippen LogP contribution in [0.25, 0.3) is 0 Å².